The van der Waals surface area contributed by atoms with E-state index in [4.69, 9.17) is 4.74 Å². The fourth-order valence-electron chi connectivity index (χ4n) is 4.59. The molecule has 0 atom stereocenters. The molecule has 2 aliphatic rings. The van der Waals surface area contributed by atoms with E-state index in [-0.39, 0.29) is 0 Å². The molecule has 2 heteroatoms. The van der Waals surface area contributed by atoms with Crippen LogP contribution in [0.1, 0.15) is 44.1 Å². The predicted octanol–water partition coefficient (Wildman–Crippen LogP) is 3.51. The minimum atomic E-state index is 0.374. The molecule has 2 nitrogen and oxygen atoms in total. The number of rotatable bonds is 6. The summed E-state index contributed by atoms with van der Waals surface area (Å²) in [6.07, 6.45) is 8.57. The summed E-state index contributed by atoms with van der Waals surface area (Å²) >= 11 is 0. The molecule has 0 aromatic heterocycles. The van der Waals surface area contributed by atoms with Crippen LogP contribution in [0.3, 0.4) is 0 Å². The Hall–Kier alpha value is -0.860. The second-order valence-corrected chi connectivity index (χ2v) is 6.88. The first kappa shape index (κ1) is 14.1. The molecule has 110 valence electrons. The molecule has 2 fully saturated rings. The van der Waals surface area contributed by atoms with Crippen molar-refractivity contribution in [2.75, 3.05) is 26.8 Å². The van der Waals surface area contributed by atoms with Crippen molar-refractivity contribution in [2.24, 2.45) is 5.41 Å². The van der Waals surface area contributed by atoms with Gasteiger partial charge >= 0.3 is 0 Å². The largest absolute Gasteiger partial charge is 0.383 e. The first-order valence-corrected chi connectivity index (χ1v) is 8.04. The van der Waals surface area contributed by atoms with Gasteiger partial charge in [-0.25, -0.2) is 0 Å². The zero-order chi connectivity index (χ0) is 13.9. The minimum absolute atomic E-state index is 0.374. The van der Waals surface area contributed by atoms with Gasteiger partial charge < -0.3 is 10.1 Å². The molecule has 0 bridgehead atoms. The molecule has 20 heavy (non-hydrogen) atoms. The Balaban J connectivity index is 1.68. The second kappa shape index (κ2) is 5.87. The van der Waals surface area contributed by atoms with Gasteiger partial charge in [0.1, 0.15) is 0 Å². The van der Waals surface area contributed by atoms with Crippen molar-refractivity contribution in [3.05, 3.63) is 35.9 Å². The summed E-state index contributed by atoms with van der Waals surface area (Å²) in [4.78, 5) is 0. The van der Waals surface area contributed by atoms with Crippen LogP contribution < -0.4 is 5.32 Å². The first-order valence-electron chi connectivity index (χ1n) is 8.04. The van der Waals surface area contributed by atoms with Gasteiger partial charge in [-0.3, -0.25) is 0 Å². The number of ether oxygens (including phenoxy) is 1. The van der Waals surface area contributed by atoms with Crippen molar-refractivity contribution in [3.63, 3.8) is 0 Å². The van der Waals surface area contributed by atoms with Crippen molar-refractivity contribution in [3.8, 4) is 0 Å². The van der Waals surface area contributed by atoms with Crippen molar-refractivity contribution in [2.45, 2.75) is 43.9 Å². The summed E-state index contributed by atoms with van der Waals surface area (Å²) in [5.74, 6) is 0. The van der Waals surface area contributed by atoms with Crippen molar-refractivity contribution in [1.29, 1.82) is 0 Å². The third kappa shape index (κ3) is 2.64. The molecule has 0 heterocycles. The van der Waals surface area contributed by atoms with E-state index in [2.05, 4.69) is 35.6 Å². The SMILES string of the molecule is COCCNCC1(c2ccccc2)CC2(CCCC2)C1. The summed E-state index contributed by atoms with van der Waals surface area (Å²) in [6, 6.07) is 11.1. The fraction of sp³-hybridized carbons (Fsp3) is 0.667. The Kier molecular flexibility index (Phi) is 4.13. The van der Waals surface area contributed by atoms with E-state index in [1.807, 2.05) is 0 Å². The van der Waals surface area contributed by atoms with E-state index < -0.39 is 0 Å². The molecular weight excluding hydrogens is 246 g/mol. The average molecular weight is 273 g/mol. The third-order valence-electron chi connectivity index (χ3n) is 5.42. The lowest BCUT2D eigenvalue weighted by atomic mass is 9.49. The lowest BCUT2D eigenvalue weighted by Crippen LogP contribution is -2.54. The predicted molar refractivity (Wildman–Crippen MR) is 83.0 cm³/mol. The van der Waals surface area contributed by atoms with Gasteiger partial charge in [0.25, 0.3) is 0 Å². The van der Waals surface area contributed by atoms with E-state index in [0.717, 1.165) is 19.7 Å². The summed E-state index contributed by atoms with van der Waals surface area (Å²) in [5, 5.41) is 3.61. The van der Waals surface area contributed by atoms with Gasteiger partial charge in [0.2, 0.25) is 0 Å². The Morgan fingerprint density at radius 2 is 1.80 bits per heavy atom. The Bertz CT molecular complexity index is 414. The molecule has 0 saturated heterocycles. The number of benzene rings is 1. The maximum Gasteiger partial charge on any atom is 0.0587 e. The van der Waals surface area contributed by atoms with Crippen molar-refractivity contribution < 1.29 is 4.74 Å². The molecule has 1 aromatic carbocycles. The van der Waals surface area contributed by atoms with Gasteiger partial charge in [-0.15, -0.1) is 0 Å². The standard InChI is InChI=1S/C18H27NO/c1-20-12-11-19-15-18(16-7-3-2-4-8-16)13-17(14-18)9-5-6-10-17/h2-4,7-8,19H,5-6,9-15H2,1H3. The number of hydrogen-bond acceptors (Lipinski definition) is 2. The highest BCUT2D eigenvalue weighted by Crippen LogP contribution is 2.62. The molecule has 0 aliphatic heterocycles. The van der Waals surface area contributed by atoms with Gasteiger partial charge in [0, 0.05) is 25.6 Å². The zero-order valence-corrected chi connectivity index (χ0v) is 12.7. The quantitative estimate of drug-likeness (QED) is 0.801. The Morgan fingerprint density at radius 3 is 2.45 bits per heavy atom. The highest BCUT2D eigenvalue weighted by molar-refractivity contribution is 5.31. The summed E-state index contributed by atoms with van der Waals surface area (Å²) in [6.45, 7) is 2.86. The maximum absolute atomic E-state index is 5.14. The van der Waals surface area contributed by atoms with Crippen LogP contribution in [0.4, 0.5) is 0 Å². The first-order chi connectivity index (χ1) is 9.79. The lowest BCUT2D eigenvalue weighted by Gasteiger charge is -2.56. The molecule has 0 radical (unpaired) electrons. The van der Waals surface area contributed by atoms with Crippen LogP contribution in [0.5, 0.6) is 0 Å². The fourth-order valence-corrected chi connectivity index (χ4v) is 4.59. The van der Waals surface area contributed by atoms with Crippen LogP contribution >= 0.6 is 0 Å². The molecule has 1 N–H and O–H groups in total. The van der Waals surface area contributed by atoms with Gasteiger partial charge in [-0.05, 0) is 36.7 Å². The molecule has 0 amide bonds. The van der Waals surface area contributed by atoms with Crippen LogP contribution in [0.25, 0.3) is 0 Å². The lowest BCUT2D eigenvalue weighted by molar-refractivity contribution is 0.0260. The molecular formula is C18H27NO. The van der Waals surface area contributed by atoms with E-state index >= 15 is 0 Å². The van der Waals surface area contributed by atoms with Crippen LogP contribution in [0.15, 0.2) is 30.3 Å². The van der Waals surface area contributed by atoms with Crippen molar-refractivity contribution in [1.82, 2.24) is 5.32 Å². The average Bonchev–Trinajstić information content (AvgIpc) is 2.93. The molecule has 3 rings (SSSR count). The minimum Gasteiger partial charge on any atom is -0.383 e. The number of methoxy groups -OCH3 is 1. The second-order valence-electron chi connectivity index (χ2n) is 6.88. The third-order valence-corrected chi connectivity index (χ3v) is 5.42. The molecule has 2 saturated carbocycles. The summed E-state index contributed by atoms with van der Waals surface area (Å²) in [5.41, 5.74) is 2.58. The van der Waals surface area contributed by atoms with Gasteiger partial charge in [0.15, 0.2) is 0 Å². The maximum atomic E-state index is 5.14. The highest BCUT2D eigenvalue weighted by atomic mass is 16.5. The Labute approximate surface area is 122 Å². The van der Waals surface area contributed by atoms with Crippen LogP contribution in [-0.2, 0) is 10.2 Å². The molecule has 2 aliphatic carbocycles. The number of nitrogens with one attached hydrogen (secondary N) is 1. The van der Waals surface area contributed by atoms with E-state index in [1.54, 1.807) is 7.11 Å². The smallest absolute Gasteiger partial charge is 0.0587 e. The summed E-state index contributed by atoms with van der Waals surface area (Å²) < 4.78 is 5.14. The van der Waals surface area contributed by atoms with E-state index in [9.17, 15) is 0 Å². The van der Waals surface area contributed by atoms with Crippen LogP contribution in [0, 0.1) is 5.41 Å². The Morgan fingerprint density at radius 1 is 1.10 bits per heavy atom. The normalized spacial score (nSPS) is 22.9. The van der Waals surface area contributed by atoms with Gasteiger partial charge in [-0.1, -0.05) is 43.2 Å². The van der Waals surface area contributed by atoms with Crippen LogP contribution in [-0.4, -0.2) is 26.8 Å². The molecule has 1 aromatic rings. The van der Waals surface area contributed by atoms with Crippen molar-refractivity contribution >= 4 is 0 Å². The highest BCUT2D eigenvalue weighted by Gasteiger charge is 2.55. The van der Waals surface area contributed by atoms with Gasteiger partial charge in [0.05, 0.1) is 6.61 Å². The number of hydrogen-bond donors (Lipinski definition) is 1. The van der Waals surface area contributed by atoms with E-state index in [0.29, 0.717) is 10.8 Å². The molecule has 0 unspecified atom stereocenters. The zero-order valence-electron chi connectivity index (χ0n) is 12.7. The van der Waals surface area contributed by atoms with E-state index in [1.165, 1.54) is 44.1 Å². The van der Waals surface area contributed by atoms with Crippen LogP contribution in [0.2, 0.25) is 0 Å². The monoisotopic (exact) mass is 273 g/mol. The van der Waals surface area contributed by atoms with Gasteiger partial charge in [-0.2, -0.15) is 0 Å². The molecule has 1 spiro atoms. The topological polar surface area (TPSA) is 21.3 Å². The summed E-state index contributed by atoms with van der Waals surface area (Å²) in [7, 11) is 1.77.